The molecule has 1 unspecified atom stereocenters. The van der Waals surface area contributed by atoms with Crippen LogP contribution in [0, 0.1) is 5.82 Å². The van der Waals surface area contributed by atoms with E-state index in [2.05, 4.69) is 10.3 Å². The molecule has 0 saturated carbocycles. The van der Waals surface area contributed by atoms with Gasteiger partial charge in [0.15, 0.2) is 0 Å². The smallest absolute Gasteiger partial charge is 0.282 e. The van der Waals surface area contributed by atoms with Crippen LogP contribution in [-0.2, 0) is 11.2 Å². The van der Waals surface area contributed by atoms with Crippen LogP contribution in [0.1, 0.15) is 21.5 Å². The van der Waals surface area contributed by atoms with Gasteiger partial charge in [0.1, 0.15) is 23.5 Å². The Balaban J connectivity index is 1.22. The molecule has 0 bridgehead atoms. The van der Waals surface area contributed by atoms with Gasteiger partial charge in [0, 0.05) is 24.3 Å². The summed E-state index contributed by atoms with van der Waals surface area (Å²) >= 11 is 6.43. The summed E-state index contributed by atoms with van der Waals surface area (Å²) in [5.74, 6) is -3.93. The van der Waals surface area contributed by atoms with E-state index < -0.39 is 30.7 Å². The van der Waals surface area contributed by atoms with Crippen LogP contribution in [0.4, 0.5) is 19.0 Å². The summed E-state index contributed by atoms with van der Waals surface area (Å²) in [6.07, 6.45) is 4.68. The number of pyridine rings is 1. The number of nitrogens with one attached hydrogen (secondary N) is 1. The largest absolute Gasteiger partial charge is 0.486 e. The Hall–Kier alpha value is -4.05. The number of alkyl halides is 2. The lowest BCUT2D eigenvalue weighted by atomic mass is 9.98. The molecule has 3 heterocycles. The molecule has 1 atom stereocenters. The summed E-state index contributed by atoms with van der Waals surface area (Å²) in [4.78, 5) is 29.4. The number of nitrogens with two attached hydrogens (primary N) is 1. The van der Waals surface area contributed by atoms with Gasteiger partial charge in [0.25, 0.3) is 11.8 Å². The minimum absolute atomic E-state index is 0.241. The average Bonchev–Trinajstić information content (AvgIpc) is 3.29. The topological polar surface area (TPSA) is 97.5 Å². The van der Waals surface area contributed by atoms with E-state index in [-0.39, 0.29) is 24.1 Å². The van der Waals surface area contributed by atoms with Crippen LogP contribution in [0.3, 0.4) is 0 Å². The number of fused-ring (bicyclic) bond motifs is 1. The molecule has 11 heteroatoms. The van der Waals surface area contributed by atoms with Crippen molar-refractivity contribution in [1.82, 2.24) is 15.2 Å². The predicted molar refractivity (Wildman–Crippen MR) is 137 cm³/mol. The molecule has 1 aromatic heterocycles. The lowest BCUT2D eigenvalue weighted by Crippen LogP contribution is -2.58. The highest BCUT2D eigenvalue weighted by Gasteiger charge is 2.46. The first-order chi connectivity index (χ1) is 18.1. The number of ether oxygens (including phenoxy) is 1. The molecule has 2 amide bonds. The van der Waals surface area contributed by atoms with E-state index in [1.807, 2.05) is 6.07 Å². The second kappa shape index (κ2) is 10.0. The first kappa shape index (κ1) is 25.6. The number of hydrogen-bond donors (Lipinski definition) is 2. The van der Waals surface area contributed by atoms with Crippen LogP contribution in [0.15, 0.2) is 54.7 Å². The van der Waals surface area contributed by atoms with Gasteiger partial charge in [-0.2, -0.15) is 0 Å². The Labute approximate surface area is 221 Å². The van der Waals surface area contributed by atoms with Gasteiger partial charge in [-0.25, -0.2) is 18.2 Å². The fraction of sp³-hybridized carbons (Fsp3) is 0.222. The molecule has 38 heavy (non-hydrogen) atoms. The second-order valence-electron chi connectivity index (χ2n) is 9.20. The third-order valence-electron chi connectivity index (χ3n) is 6.26. The van der Waals surface area contributed by atoms with Crippen molar-refractivity contribution in [3.63, 3.8) is 0 Å². The Morgan fingerprint density at radius 2 is 1.97 bits per heavy atom. The maximum atomic E-state index is 14.8. The molecule has 3 aromatic rings. The molecule has 1 saturated heterocycles. The van der Waals surface area contributed by atoms with Crippen molar-refractivity contribution in [2.24, 2.45) is 0 Å². The van der Waals surface area contributed by atoms with E-state index >= 15 is 0 Å². The van der Waals surface area contributed by atoms with Gasteiger partial charge in [-0.15, -0.1) is 0 Å². The minimum Gasteiger partial charge on any atom is -0.486 e. The van der Waals surface area contributed by atoms with E-state index in [1.54, 1.807) is 36.5 Å². The molecule has 1 fully saturated rings. The number of carbonyl (C=O) groups excluding carboxylic acids is 2. The van der Waals surface area contributed by atoms with E-state index in [0.29, 0.717) is 34.1 Å². The normalized spacial score (nSPS) is 17.6. The maximum Gasteiger partial charge on any atom is 0.282 e. The third kappa shape index (κ3) is 5.45. The first-order valence-corrected chi connectivity index (χ1v) is 12.1. The van der Waals surface area contributed by atoms with Crippen molar-refractivity contribution in [3.05, 3.63) is 82.3 Å². The molecule has 5 rings (SSSR count). The molecule has 196 valence electrons. The zero-order chi connectivity index (χ0) is 27.0. The Bertz CT molecular complexity index is 1440. The number of likely N-dealkylation sites (tertiary alicyclic amines) is 1. The van der Waals surface area contributed by atoms with Gasteiger partial charge in [-0.1, -0.05) is 17.7 Å². The molecule has 3 N–H and O–H groups in total. The van der Waals surface area contributed by atoms with E-state index in [4.69, 9.17) is 22.1 Å². The van der Waals surface area contributed by atoms with Crippen molar-refractivity contribution in [3.8, 4) is 16.9 Å². The van der Waals surface area contributed by atoms with Crippen LogP contribution in [0.5, 0.6) is 5.75 Å². The average molecular weight is 543 g/mol. The van der Waals surface area contributed by atoms with Crippen LogP contribution >= 0.6 is 11.6 Å². The van der Waals surface area contributed by atoms with Gasteiger partial charge < -0.3 is 20.7 Å². The highest BCUT2D eigenvalue weighted by molar-refractivity contribution is 6.32. The minimum atomic E-state index is -2.93. The number of benzene rings is 2. The van der Waals surface area contributed by atoms with E-state index in [0.717, 1.165) is 16.0 Å². The highest BCUT2D eigenvalue weighted by Crippen LogP contribution is 2.40. The quantitative estimate of drug-likeness (QED) is 0.451. The number of anilines is 1. The molecular weight excluding hydrogens is 521 g/mol. The highest BCUT2D eigenvalue weighted by atomic mass is 35.5. The lowest BCUT2D eigenvalue weighted by Gasteiger charge is -2.38. The number of halogens is 4. The number of amides is 2. The summed E-state index contributed by atoms with van der Waals surface area (Å²) < 4.78 is 46.8. The summed E-state index contributed by atoms with van der Waals surface area (Å²) in [7, 11) is 0. The zero-order valence-corrected chi connectivity index (χ0v) is 20.6. The van der Waals surface area contributed by atoms with Gasteiger partial charge in [-0.3, -0.25) is 9.59 Å². The van der Waals surface area contributed by atoms with E-state index in [1.165, 1.54) is 18.2 Å². The molecule has 0 spiro atoms. The molecule has 2 aliphatic rings. The van der Waals surface area contributed by atoms with Crippen molar-refractivity contribution in [1.29, 1.82) is 0 Å². The van der Waals surface area contributed by atoms with E-state index in [9.17, 15) is 22.8 Å². The molecule has 2 aliphatic heterocycles. The predicted octanol–water partition coefficient (Wildman–Crippen LogP) is 4.35. The number of carbonyl (C=O) groups is 2. The van der Waals surface area contributed by atoms with Crippen molar-refractivity contribution < 1.29 is 27.5 Å². The van der Waals surface area contributed by atoms with Crippen molar-refractivity contribution >= 4 is 35.3 Å². The van der Waals surface area contributed by atoms with Crippen molar-refractivity contribution in [2.45, 2.75) is 18.4 Å². The SMILES string of the molecule is Nc1ccc(/C=C/C(=O)NCC2Cc3cc(-c4ccc(C(=O)N5CC(F)(F)C5)c(F)c4)cc(Cl)c3O2)cn1. The second-order valence-corrected chi connectivity index (χ2v) is 9.60. The number of nitrogens with zero attached hydrogens (tertiary/aromatic N) is 2. The van der Waals surface area contributed by atoms with Crippen LogP contribution < -0.4 is 15.8 Å². The number of nitrogen functional groups attached to an aromatic ring is 1. The molecule has 0 aliphatic carbocycles. The summed E-state index contributed by atoms with van der Waals surface area (Å²) in [6, 6.07) is 10.8. The number of rotatable bonds is 6. The summed E-state index contributed by atoms with van der Waals surface area (Å²) in [5.41, 5.74) is 7.88. The monoisotopic (exact) mass is 542 g/mol. The van der Waals surface area contributed by atoms with Crippen LogP contribution in [0.25, 0.3) is 17.2 Å². The fourth-order valence-electron chi connectivity index (χ4n) is 4.32. The molecule has 0 radical (unpaired) electrons. The Morgan fingerprint density at radius 3 is 2.66 bits per heavy atom. The standard InChI is InChI=1S/C27H22ClF3N4O3/c28-21-9-17(16-3-4-20(22(29)10-16)26(37)35-13-27(30,31)14-35)7-18-8-19(38-25(18)21)12-34-24(36)6-2-15-1-5-23(32)33-11-15/h1-7,9-11,19H,8,12-14H2,(H2,32,33)(H,34,36)/b6-2+. The van der Waals surface area contributed by atoms with Crippen molar-refractivity contribution in [2.75, 3.05) is 25.4 Å². The van der Waals surface area contributed by atoms with Gasteiger partial charge in [0.2, 0.25) is 5.91 Å². The van der Waals surface area contributed by atoms with Gasteiger partial charge >= 0.3 is 0 Å². The third-order valence-corrected chi connectivity index (χ3v) is 6.54. The Kier molecular flexibility index (Phi) is 6.75. The Morgan fingerprint density at radius 1 is 1.18 bits per heavy atom. The summed E-state index contributed by atoms with van der Waals surface area (Å²) in [5, 5.41) is 3.11. The van der Waals surface area contributed by atoms with Gasteiger partial charge in [-0.05, 0) is 59.2 Å². The lowest BCUT2D eigenvalue weighted by molar-refractivity contribution is -0.116. The van der Waals surface area contributed by atoms with Crippen LogP contribution in [-0.4, -0.2) is 53.4 Å². The molecule has 2 aromatic carbocycles. The number of aromatic nitrogens is 1. The molecular formula is C27H22ClF3N4O3. The molecule has 7 nitrogen and oxygen atoms in total. The van der Waals surface area contributed by atoms with Gasteiger partial charge in [0.05, 0.1) is 30.2 Å². The van der Waals surface area contributed by atoms with Crippen LogP contribution in [0.2, 0.25) is 5.02 Å². The first-order valence-electron chi connectivity index (χ1n) is 11.7. The number of hydrogen-bond acceptors (Lipinski definition) is 5. The maximum absolute atomic E-state index is 14.8. The summed E-state index contributed by atoms with van der Waals surface area (Å²) in [6.45, 7) is -1.19. The zero-order valence-electron chi connectivity index (χ0n) is 19.9. The fourth-order valence-corrected chi connectivity index (χ4v) is 4.61.